The molecule has 0 unspecified atom stereocenters. The van der Waals surface area contributed by atoms with E-state index in [1.807, 2.05) is 17.4 Å². The molecule has 4 heteroatoms. The van der Waals surface area contributed by atoms with Gasteiger partial charge in [-0.15, -0.1) is 11.3 Å². The summed E-state index contributed by atoms with van der Waals surface area (Å²) in [5.74, 6) is 0. The Labute approximate surface area is 244 Å². The normalized spacial score (nSPS) is 12.3. The Hall–Kier alpha value is -5.32. The largest absolute Gasteiger partial charge is 0.291 e. The number of hydrogen-bond donors (Lipinski definition) is 0. The Kier molecular flexibility index (Phi) is 4.33. The van der Waals surface area contributed by atoms with E-state index < -0.39 is 0 Å². The molecule has 42 heavy (non-hydrogen) atoms. The number of fused-ring (bicyclic) bond motifs is 10. The summed E-state index contributed by atoms with van der Waals surface area (Å²) in [5, 5.41) is 6.27. The van der Waals surface area contributed by atoms with E-state index in [0.717, 1.165) is 38.7 Å². The first-order chi connectivity index (χ1) is 20.8. The van der Waals surface area contributed by atoms with Gasteiger partial charge in [-0.1, -0.05) is 84.9 Å². The predicted molar refractivity (Wildman–Crippen MR) is 178 cm³/mol. The summed E-state index contributed by atoms with van der Waals surface area (Å²) < 4.78 is 4.96. The molecule has 4 aromatic heterocycles. The van der Waals surface area contributed by atoms with Crippen molar-refractivity contribution in [3.8, 4) is 22.3 Å². The molecule has 0 bridgehead atoms. The monoisotopic (exact) mass is 551 g/mol. The van der Waals surface area contributed by atoms with Gasteiger partial charge in [0.2, 0.25) is 0 Å². The molecule has 0 aliphatic rings. The van der Waals surface area contributed by atoms with Crippen LogP contribution in [0.5, 0.6) is 0 Å². The maximum absolute atomic E-state index is 5.27. The molecule has 0 radical (unpaired) electrons. The van der Waals surface area contributed by atoms with Crippen LogP contribution in [0, 0.1) is 0 Å². The van der Waals surface area contributed by atoms with Gasteiger partial charge in [-0.25, -0.2) is 9.97 Å². The van der Waals surface area contributed by atoms with Gasteiger partial charge >= 0.3 is 0 Å². The quantitative estimate of drug-likeness (QED) is 0.214. The molecule has 6 aromatic carbocycles. The van der Waals surface area contributed by atoms with Gasteiger partial charge in [0.1, 0.15) is 5.52 Å². The lowest BCUT2D eigenvalue weighted by atomic mass is 9.99. The summed E-state index contributed by atoms with van der Waals surface area (Å²) in [6.45, 7) is 0. The minimum Gasteiger partial charge on any atom is -0.291 e. The Morgan fingerprint density at radius 3 is 2.12 bits per heavy atom. The number of thiophene rings is 1. The van der Waals surface area contributed by atoms with Crippen LogP contribution in [0.15, 0.2) is 127 Å². The van der Waals surface area contributed by atoms with Crippen molar-refractivity contribution >= 4 is 80.9 Å². The first kappa shape index (κ1) is 22.4. The van der Waals surface area contributed by atoms with Gasteiger partial charge in [0, 0.05) is 36.3 Å². The minimum atomic E-state index is 0.907. The smallest absolute Gasteiger partial charge is 0.165 e. The molecule has 10 aromatic rings. The van der Waals surface area contributed by atoms with Gasteiger partial charge in [-0.3, -0.25) is 4.40 Å². The molecular formula is C38H21N3S. The zero-order valence-electron chi connectivity index (χ0n) is 22.4. The van der Waals surface area contributed by atoms with Gasteiger partial charge in [-0.05, 0) is 64.7 Å². The summed E-state index contributed by atoms with van der Waals surface area (Å²) in [4.78, 5) is 10.5. The van der Waals surface area contributed by atoms with Crippen LogP contribution >= 0.6 is 11.3 Å². The minimum absolute atomic E-state index is 0.907. The number of rotatable bonds is 2. The number of hydrogen-bond acceptors (Lipinski definition) is 3. The van der Waals surface area contributed by atoms with Crippen molar-refractivity contribution in [3.05, 3.63) is 127 Å². The fraction of sp³-hybridized carbons (Fsp3) is 0. The average Bonchev–Trinajstić information content (AvgIpc) is 3.69. The van der Waals surface area contributed by atoms with Crippen molar-refractivity contribution in [2.24, 2.45) is 0 Å². The van der Waals surface area contributed by atoms with Crippen LogP contribution < -0.4 is 0 Å². The molecular weight excluding hydrogens is 531 g/mol. The molecule has 10 rings (SSSR count). The molecule has 3 nitrogen and oxygen atoms in total. The number of nitrogens with zero attached hydrogens (tertiary/aromatic N) is 3. The predicted octanol–water partition coefficient (Wildman–Crippen LogP) is 10.5. The van der Waals surface area contributed by atoms with Crippen LogP contribution in [-0.4, -0.2) is 14.4 Å². The van der Waals surface area contributed by atoms with Crippen molar-refractivity contribution in [1.29, 1.82) is 0 Å². The van der Waals surface area contributed by atoms with Gasteiger partial charge in [0.15, 0.2) is 5.65 Å². The Morgan fingerprint density at radius 1 is 0.452 bits per heavy atom. The van der Waals surface area contributed by atoms with E-state index in [4.69, 9.17) is 9.97 Å². The highest BCUT2D eigenvalue weighted by atomic mass is 32.1. The zero-order chi connectivity index (χ0) is 27.4. The third-order valence-electron chi connectivity index (χ3n) is 8.70. The highest BCUT2D eigenvalue weighted by Crippen LogP contribution is 2.42. The number of para-hydroxylation sites is 1. The lowest BCUT2D eigenvalue weighted by Gasteiger charge is -2.06. The molecule has 0 atom stereocenters. The second-order valence-corrected chi connectivity index (χ2v) is 12.1. The Bertz CT molecular complexity index is 2680. The molecule has 194 valence electrons. The van der Waals surface area contributed by atoms with Crippen molar-refractivity contribution < 1.29 is 0 Å². The SMILES string of the molecule is c1ccc(-c2ccc3nc4c5cc(-c6ccc7c(c6)sc6ccccc67)cc6c7ccccc7n(c4nc3c2)c65)cc1. The fourth-order valence-electron chi connectivity index (χ4n) is 6.76. The van der Waals surface area contributed by atoms with E-state index >= 15 is 0 Å². The second kappa shape index (κ2) is 8.12. The van der Waals surface area contributed by atoms with Gasteiger partial charge in [-0.2, -0.15) is 0 Å². The molecule has 0 aliphatic carbocycles. The highest BCUT2D eigenvalue weighted by Gasteiger charge is 2.21. The van der Waals surface area contributed by atoms with Crippen LogP contribution in [0.2, 0.25) is 0 Å². The average molecular weight is 552 g/mol. The van der Waals surface area contributed by atoms with E-state index in [0.29, 0.717) is 0 Å². The van der Waals surface area contributed by atoms with Gasteiger partial charge in [0.05, 0.1) is 22.1 Å². The van der Waals surface area contributed by atoms with E-state index in [2.05, 4.69) is 126 Å². The maximum Gasteiger partial charge on any atom is 0.165 e. The molecule has 0 N–H and O–H groups in total. The van der Waals surface area contributed by atoms with Gasteiger partial charge < -0.3 is 0 Å². The summed E-state index contributed by atoms with van der Waals surface area (Å²) in [5.41, 5.74) is 10.8. The molecule has 0 spiro atoms. The highest BCUT2D eigenvalue weighted by molar-refractivity contribution is 7.25. The lowest BCUT2D eigenvalue weighted by molar-refractivity contribution is 1.28. The lowest BCUT2D eigenvalue weighted by Crippen LogP contribution is -1.90. The number of benzene rings is 6. The summed E-state index contributed by atoms with van der Waals surface area (Å²) in [7, 11) is 0. The Balaban J connectivity index is 1.28. The summed E-state index contributed by atoms with van der Waals surface area (Å²) in [6, 6.07) is 45.8. The fourth-order valence-corrected chi connectivity index (χ4v) is 7.91. The van der Waals surface area contributed by atoms with E-state index in [1.165, 1.54) is 53.2 Å². The standard InChI is InChI=1S/C38H21N3S/c1-2-8-22(9-3-1)23-15-17-31-32(20-23)40-38-36(39-31)30-19-25(18-29-26-10-4-6-12-33(26)41(38)37(29)30)24-14-16-28-27-11-5-7-13-34(27)42-35(28)21-24/h1-21H. The molecule has 4 heterocycles. The van der Waals surface area contributed by atoms with Crippen LogP contribution in [-0.2, 0) is 0 Å². The molecule has 0 amide bonds. The van der Waals surface area contributed by atoms with E-state index in [-0.39, 0.29) is 0 Å². The zero-order valence-corrected chi connectivity index (χ0v) is 23.2. The van der Waals surface area contributed by atoms with Crippen LogP contribution in [0.4, 0.5) is 0 Å². The molecule has 0 fully saturated rings. The van der Waals surface area contributed by atoms with E-state index in [1.54, 1.807) is 0 Å². The molecule has 0 saturated carbocycles. The summed E-state index contributed by atoms with van der Waals surface area (Å²) in [6.07, 6.45) is 0. The molecule has 0 aliphatic heterocycles. The Morgan fingerprint density at radius 2 is 1.19 bits per heavy atom. The molecule has 0 saturated heterocycles. The van der Waals surface area contributed by atoms with E-state index in [9.17, 15) is 0 Å². The second-order valence-electron chi connectivity index (χ2n) is 11.0. The van der Waals surface area contributed by atoms with Crippen molar-refractivity contribution in [3.63, 3.8) is 0 Å². The van der Waals surface area contributed by atoms with Crippen molar-refractivity contribution in [2.45, 2.75) is 0 Å². The number of aromatic nitrogens is 3. The third-order valence-corrected chi connectivity index (χ3v) is 9.83. The van der Waals surface area contributed by atoms with Crippen molar-refractivity contribution in [1.82, 2.24) is 14.4 Å². The van der Waals surface area contributed by atoms with Crippen LogP contribution in [0.1, 0.15) is 0 Å². The van der Waals surface area contributed by atoms with Crippen LogP contribution in [0.25, 0.3) is 91.8 Å². The first-order valence-corrected chi connectivity index (χ1v) is 15.0. The maximum atomic E-state index is 5.27. The first-order valence-electron chi connectivity index (χ1n) is 14.2. The van der Waals surface area contributed by atoms with Gasteiger partial charge in [0.25, 0.3) is 0 Å². The van der Waals surface area contributed by atoms with Crippen molar-refractivity contribution in [2.75, 3.05) is 0 Å². The summed E-state index contributed by atoms with van der Waals surface area (Å²) >= 11 is 1.86. The third kappa shape index (κ3) is 2.99. The topological polar surface area (TPSA) is 30.2 Å². The van der Waals surface area contributed by atoms with Crippen LogP contribution in [0.3, 0.4) is 0 Å².